The van der Waals surface area contributed by atoms with Crippen molar-refractivity contribution in [1.29, 1.82) is 0 Å². The molecule has 0 bridgehead atoms. The first-order valence-corrected chi connectivity index (χ1v) is 8.36. The first-order valence-electron chi connectivity index (χ1n) is 7.10. The molecule has 122 valence electrons. The van der Waals surface area contributed by atoms with E-state index in [1.807, 2.05) is 30.5 Å². The standard InChI is InChI=1S/C17H14ClN3O2S/c1-10-3-4-14(23-2)12(7-10)13-9-24-17(20-13)21-16(22)11-5-6-19-15(18)8-11/h3-9H,1-2H3,(H,20,21,22). The van der Waals surface area contributed by atoms with Gasteiger partial charge in [-0.2, -0.15) is 0 Å². The second kappa shape index (κ2) is 6.98. The number of anilines is 1. The number of nitrogens with one attached hydrogen (secondary N) is 1. The summed E-state index contributed by atoms with van der Waals surface area (Å²) in [7, 11) is 1.62. The zero-order chi connectivity index (χ0) is 17.1. The maximum atomic E-state index is 12.2. The predicted octanol–water partition coefficient (Wildman–Crippen LogP) is 4.43. The second-order valence-electron chi connectivity index (χ2n) is 5.06. The number of amides is 1. The van der Waals surface area contributed by atoms with Crippen molar-refractivity contribution in [3.63, 3.8) is 0 Å². The van der Waals surface area contributed by atoms with E-state index in [0.717, 1.165) is 22.6 Å². The summed E-state index contributed by atoms with van der Waals surface area (Å²) in [5, 5.41) is 5.43. The minimum atomic E-state index is -0.281. The maximum absolute atomic E-state index is 12.2. The van der Waals surface area contributed by atoms with E-state index in [0.29, 0.717) is 10.7 Å². The van der Waals surface area contributed by atoms with Gasteiger partial charge in [-0.15, -0.1) is 11.3 Å². The summed E-state index contributed by atoms with van der Waals surface area (Å²) >= 11 is 7.16. The first kappa shape index (κ1) is 16.4. The smallest absolute Gasteiger partial charge is 0.257 e. The van der Waals surface area contributed by atoms with Crippen LogP contribution in [-0.2, 0) is 0 Å². The summed E-state index contributed by atoms with van der Waals surface area (Å²) in [5.74, 6) is 0.459. The van der Waals surface area contributed by atoms with Crippen LogP contribution < -0.4 is 10.1 Å². The van der Waals surface area contributed by atoms with Crippen LogP contribution in [0.2, 0.25) is 5.15 Å². The normalized spacial score (nSPS) is 10.5. The zero-order valence-corrected chi connectivity index (χ0v) is 14.6. The second-order valence-corrected chi connectivity index (χ2v) is 6.31. The van der Waals surface area contributed by atoms with Crippen LogP contribution >= 0.6 is 22.9 Å². The number of ether oxygens (including phenoxy) is 1. The van der Waals surface area contributed by atoms with Crippen LogP contribution in [0.5, 0.6) is 5.75 Å². The van der Waals surface area contributed by atoms with Crippen LogP contribution in [0.25, 0.3) is 11.3 Å². The van der Waals surface area contributed by atoms with Gasteiger partial charge in [0.25, 0.3) is 5.91 Å². The van der Waals surface area contributed by atoms with Gasteiger partial charge in [0.1, 0.15) is 10.9 Å². The lowest BCUT2D eigenvalue weighted by atomic mass is 10.1. The maximum Gasteiger partial charge on any atom is 0.257 e. The molecule has 0 aliphatic heterocycles. The van der Waals surface area contributed by atoms with Gasteiger partial charge >= 0.3 is 0 Å². The molecule has 0 unspecified atom stereocenters. The molecule has 3 aromatic rings. The van der Waals surface area contributed by atoms with Crippen LogP contribution in [0.4, 0.5) is 5.13 Å². The van der Waals surface area contributed by atoms with Gasteiger partial charge in [-0.3, -0.25) is 10.1 Å². The molecule has 0 aliphatic rings. The Bertz CT molecular complexity index is 895. The fourth-order valence-electron chi connectivity index (χ4n) is 2.19. The molecule has 0 fully saturated rings. The minimum absolute atomic E-state index is 0.270. The molecule has 1 aromatic carbocycles. The fraction of sp³-hybridized carbons (Fsp3) is 0.118. The molecule has 24 heavy (non-hydrogen) atoms. The Morgan fingerprint density at radius 3 is 2.88 bits per heavy atom. The molecular formula is C17H14ClN3O2S. The molecule has 0 radical (unpaired) electrons. The molecule has 1 amide bonds. The van der Waals surface area contributed by atoms with Gasteiger partial charge < -0.3 is 4.74 Å². The number of rotatable bonds is 4. The Kier molecular flexibility index (Phi) is 4.78. The Labute approximate surface area is 148 Å². The van der Waals surface area contributed by atoms with Crippen LogP contribution in [0, 0.1) is 6.92 Å². The Hall–Kier alpha value is -2.44. The molecule has 0 atom stereocenters. The highest BCUT2D eigenvalue weighted by molar-refractivity contribution is 7.14. The lowest BCUT2D eigenvalue weighted by Crippen LogP contribution is -2.11. The largest absolute Gasteiger partial charge is 0.496 e. The third kappa shape index (κ3) is 3.55. The summed E-state index contributed by atoms with van der Waals surface area (Å²) < 4.78 is 5.38. The van der Waals surface area contributed by atoms with Crippen molar-refractivity contribution in [1.82, 2.24) is 9.97 Å². The number of carbonyl (C=O) groups excluding carboxylic acids is 1. The van der Waals surface area contributed by atoms with E-state index in [1.165, 1.54) is 23.6 Å². The number of aromatic nitrogens is 2. The SMILES string of the molecule is COc1ccc(C)cc1-c1csc(NC(=O)c2ccnc(Cl)c2)n1. The molecule has 7 heteroatoms. The van der Waals surface area contributed by atoms with Gasteiger partial charge in [0, 0.05) is 22.7 Å². The van der Waals surface area contributed by atoms with Gasteiger partial charge in [0.2, 0.25) is 0 Å². The van der Waals surface area contributed by atoms with E-state index >= 15 is 0 Å². The number of pyridine rings is 1. The lowest BCUT2D eigenvalue weighted by Gasteiger charge is -2.07. The van der Waals surface area contributed by atoms with Crippen molar-refractivity contribution in [2.75, 3.05) is 12.4 Å². The number of nitrogens with zero attached hydrogens (tertiary/aromatic N) is 2. The third-order valence-corrected chi connectivity index (χ3v) is 4.31. The van der Waals surface area contributed by atoms with E-state index in [4.69, 9.17) is 16.3 Å². The third-order valence-electron chi connectivity index (χ3n) is 3.34. The summed E-state index contributed by atoms with van der Waals surface area (Å²) in [5.41, 5.74) is 3.18. The van der Waals surface area contributed by atoms with Crippen LogP contribution in [0.3, 0.4) is 0 Å². The van der Waals surface area contributed by atoms with Crippen molar-refractivity contribution in [2.24, 2.45) is 0 Å². The number of benzene rings is 1. The van der Waals surface area contributed by atoms with Crippen LogP contribution in [0.15, 0.2) is 41.9 Å². The molecular weight excluding hydrogens is 346 g/mol. The van der Waals surface area contributed by atoms with Gasteiger partial charge in [-0.1, -0.05) is 23.2 Å². The van der Waals surface area contributed by atoms with Gasteiger partial charge in [-0.05, 0) is 31.2 Å². The number of halogens is 1. The molecule has 0 saturated carbocycles. The highest BCUT2D eigenvalue weighted by atomic mass is 35.5. The number of methoxy groups -OCH3 is 1. The predicted molar refractivity (Wildman–Crippen MR) is 96.0 cm³/mol. The fourth-order valence-corrected chi connectivity index (χ4v) is 3.07. The Balaban J connectivity index is 1.84. The molecule has 1 N–H and O–H groups in total. The first-order chi connectivity index (χ1) is 11.6. The number of hydrogen-bond acceptors (Lipinski definition) is 5. The molecule has 0 spiro atoms. The molecule has 5 nitrogen and oxygen atoms in total. The zero-order valence-electron chi connectivity index (χ0n) is 13.0. The molecule has 0 saturated heterocycles. The molecule has 0 aliphatic carbocycles. The topological polar surface area (TPSA) is 64.1 Å². The average Bonchev–Trinajstić information content (AvgIpc) is 3.03. The highest BCUT2D eigenvalue weighted by Crippen LogP contribution is 2.33. The lowest BCUT2D eigenvalue weighted by molar-refractivity contribution is 0.102. The van der Waals surface area contributed by atoms with Crippen LogP contribution in [0.1, 0.15) is 15.9 Å². The molecule has 2 aromatic heterocycles. The average molecular weight is 360 g/mol. The van der Waals surface area contributed by atoms with Crippen molar-refractivity contribution >= 4 is 34.0 Å². The number of thiazole rings is 1. The van der Waals surface area contributed by atoms with E-state index in [2.05, 4.69) is 15.3 Å². The highest BCUT2D eigenvalue weighted by Gasteiger charge is 2.13. The van der Waals surface area contributed by atoms with Crippen molar-refractivity contribution < 1.29 is 9.53 Å². The van der Waals surface area contributed by atoms with E-state index < -0.39 is 0 Å². The van der Waals surface area contributed by atoms with E-state index in [9.17, 15) is 4.79 Å². The Morgan fingerprint density at radius 1 is 1.29 bits per heavy atom. The number of carbonyl (C=O) groups is 1. The summed E-state index contributed by atoms with van der Waals surface area (Å²) in [6.45, 7) is 2.01. The Morgan fingerprint density at radius 2 is 2.12 bits per heavy atom. The van der Waals surface area contributed by atoms with Crippen molar-refractivity contribution in [3.8, 4) is 17.0 Å². The van der Waals surface area contributed by atoms with Gasteiger partial charge in [-0.25, -0.2) is 9.97 Å². The van der Waals surface area contributed by atoms with Crippen molar-refractivity contribution in [3.05, 3.63) is 58.2 Å². The quantitative estimate of drug-likeness (QED) is 0.700. The summed E-state index contributed by atoms with van der Waals surface area (Å²) in [4.78, 5) is 20.6. The summed E-state index contributed by atoms with van der Waals surface area (Å²) in [6.07, 6.45) is 1.49. The van der Waals surface area contributed by atoms with Crippen molar-refractivity contribution in [2.45, 2.75) is 6.92 Å². The minimum Gasteiger partial charge on any atom is -0.496 e. The van der Waals surface area contributed by atoms with E-state index in [1.54, 1.807) is 13.2 Å². The van der Waals surface area contributed by atoms with Gasteiger partial charge in [0.05, 0.1) is 12.8 Å². The summed E-state index contributed by atoms with van der Waals surface area (Å²) in [6, 6.07) is 8.99. The molecule has 2 heterocycles. The monoisotopic (exact) mass is 359 g/mol. The van der Waals surface area contributed by atoms with Gasteiger partial charge in [0.15, 0.2) is 5.13 Å². The molecule has 3 rings (SSSR count). The van der Waals surface area contributed by atoms with Crippen LogP contribution in [-0.4, -0.2) is 23.0 Å². The number of hydrogen-bond donors (Lipinski definition) is 1. The number of aryl methyl sites for hydroxylation is 1. The van der Waals surface area contributed by atoms with E-state index in [-0.39, 0.29) is 11.1 Å².